The predicted molar refractivity (Wildman–Crippen MR) is 105 cm³/mol. The van der Waals surface area contributed by atoms with Gasteiger partial charge in [-0.25, -0.2) is 23.1 Å². The smallest absolute Gasteiger partial charge is 0.250 e. The van der Waals surface area contributed by atoms with Gasteiger partial charge in [0.2, 0.25) is 5.92 Å². The van der Waals surface area contributed by atoms with Gasteiger partial charge in [-0.05, 0) is 36.8 Å². The minimum Gasteiger partial charge on any atom is -0.327 e. The summed E-state index contributed by atoms with van der Waals surface area (Å²) in [5.74, 6) is -3.20. The van der Waals surface area contributed by atoms with Crippen LogP contribution in [0.5, 0.6) is 0 Å². The van der Waals surface area contributed by atoms with Crippen molar-refractivity contribution in [2.45, 2.75) is 31.2 Å². The average molecular weight is 417 g/mol. The van der Waals surface area contributed by atoms with E-state index in [2.05, 4.69) is 9.97 Å². The minimum atomic E-state index is -2.68. The molecule has 0 spiro atoms. The Morgan fingerprint density at radius 1 is 1.10 bits per heavy atom. The van der Waals surface area contributed by atoms with Crippen molar-refractivity contribution in [2.75, 3.05) is 0 Å². The monoisotopic (exact) mass is 416 g/mol. The van der Waals surface area contributed by atoms with Crippen molar-refractivity contribution in [3.05, 3.63) is 66.1 Å². The lowest BCUT2D eigenvalue weighted by Crippen LogP contribution is -2.12. The first-order valence-electron chi connectivity index (χ1n) is 9.24. The van der Waals surface area contributed by atoms with Crippen LogP contribution >= 0.6 is 11.6 Å². The number of pyridine rings is 1. The second-order valence-electron chi connectivity index (χ2n) is 7.34. The van der Waals surface area contributed by atoms with Gasteiger partial charge in [0.05, 0.1) is 22.7 Å². The van der Waals surface area contributed by atoms with Crippen molar-refractivity contribution < 1.29 is 13.2 Å². The first kappa shape index (κ1) is 18.2. The van der Waals surface area contributed by atoms with Gasteiger partial charge in [0.1, 0.15) is 11.5 Å². The quantitative estimate of drug-likeness (QED) is 0.409. The highest BCUT2D eigenvalue weighted by molar-refractivity contribution is 6.31. The highest BCUT2D eigenvalue weighted by Crippen LogP contribution is 2.44. The minimum absolute atomic E-state index is 0.0135. The summed E-state index contributed by atoms with van der Waals surface area (Å²) in [6, 6.07) is 7.76. The van der Waals surface area contributed by atoms with Crippen LogP contribution in [0.2, 0.25) is 5.02 Å². The number of nitrogens with zero attached hydrogens (tertiary/aromatic N) is 4. The Kier molecular flexibility index (Phi) is 4.17. The molecule has 1 aliphatic rings. The summed E-state index contributed by atoms with van der Waals surface area (Å²) in [5, 5.41) is -0.0135. The van der Waals surface area contributed by atoms with E-state index >= 15 is 0 Å². The molecule has 0 saturated heterocycles. The summed E-state index contributed by atoms with van der Waals surface area (Å²) in [6.45, 7) is 0. The van der Waals surface area contributed by atoms with Crippen LogP contribution in [-0.4, -0.2) is 24.9 Å². The normalized spacial score (nSPS) is 18.6. The Hall–Kier alpha value is -2.80. The van der Waals surface area contributed by atoms with E-state index in [9.17, 15) is 13.2 Å². The van der Waals surface area contributed by atoms with Gasteiger partial charge in [0, 0.05) is 48.6 Å². The molecule has 3 aromatic heterocycles. The van der Waals surface area contributed by atoms with E-state index in [4.69, 9.17) is 11.6 Å². The van der Waals surface area contributed by atoms with Crippen molar-refractivity contribution >= 4 is 17.2 Å². The SMILES string of the molecule is Fc1ccc(-c2ncn(C3CCC(F)(F)C3)c2-c2ccc3nccn3c2)cc1Cl. The molecule has 1 aromatic carbocycles. The number of halogens is 4. The third-order valence-corrected chi connectivity index (χ3v) is 5.71. The molecule has 0 bridgehead atoms. The van der Waals surface area contributed by atoms with Gasteiger partial charge < -0.3 is 8.97 Å². The van der Waals surface area contributed by atoms with Gasteiger partial charge in [0.15, 0.2) is 0 Å². The summed E-state index contributed by atoms with van der Waals surface area (Å²) in [6.07, 6.45) is 6.98. The number of hydrogen-bond acceptors (Lipinski definition) is 2. The van der Waals surface area contributed by atoms with Gasteiger partial charge in [0.25, 0.3) is 0 Å². The Labute approximate surface area is 169 Å². The molecule has 0 amide bonds. The highest BCUT2D eigenvalue weighted by Gasteiger charge is 2.41. The largest absolute Gasteiger partial charge is 0.327 e. The van der Waals surface area contributed by atoms with E-state index in [0.29, 0.717) is 23.4 Å². The summed E-state index contributed by atoms with van der Waals surface area (Å²) in [5.41, 5.74) is 3.48. The topological polar surface area (TPSA) is 35.1 Å². The number of benzene rings is 1. The van der Waals surface area contributed by atoms with Crippen molar-refractivity contribution in [2.24, 2.45) is 0 Å². The van der Waals surface area contributed by atoms with Crippen molar-refractivity contribution in [1.29, 1.82) is 0 Å². The summed E-state index contributed by atoms with van der Waals surface area (Å²) in [4.78, 5) is 8.75. The number of hydrogen-bond donors (Lipinski definition) is 0. The number of fused-ring (bicyclic) bond motifs is 1. The van der Waals surface area contributed by atoms with Crippen LogP contribution < -0.4 is 0 Å². The maximum atomic E-state index is 13.9. The molecule has 8 heteroatoms. The zero-order chi connectivity index (χ0) is 20.2. The fourth-order valence-electron chi connectivity index (χ4n) is 4.00. The number of rotatable bonds is 3. The molecule has 0 radical (unpaired) electrons. The van der Waals surface area contributed by atoms with Crippen LogP contribution in [0.15, 0.2) is 55.2 Å². The van der Waals surface area contributed by atoms with E-state index in [1.54, 1.807) is 18.6 Å². The molecule has 0 aliphatic heterocycles. The molecule has 148 valence electrons. The van der Waals surface area contributed by atoms with Gasteiger partial charge in [-0.3, -0.25) is 0 Å². The Balaban J connectivity index is 1.70. The Morgan fingerprint density at radius 2 is 1.93 bits per heavy atom. The van der Waals surface area contributed by atoms with Crippen molar-refractivity contribution in [3.63, 3.8) is 0 Å². The maximum absolute atomic E-state index is 13.9. The number of imidazole rings is 2. The Bertz CT molecular complexity index is 1210. The number of alkyl halides is 2. The molecule has 1 atom stereocenters. The molecule has 29 heavy (non-hydrogen) atoms. The van der Waals surface area contributed by atoms with Crippen LogP contribution in [0, 0.1) is 5.82 Å². The van der Waals surface area contributed by atoms with Crippen LogP contribution in [0.1, 0.15) is 25.3 Å². The average Bonchev–Trinajstić information content (AvgIpc) is 3.40. The third kappa shape index (κ3) is 3.19. The van der Waals surface area contributed by atoms with Gasteiger partial charge >= 0.3 is 0 Å². The summed E-state index contributed by atoms with van der Waals surface area (Å²) in [7, 11) is 0. The molecular formula is C21H16ClF3N4. The van der Waals surface area contributed by atoms with Crippen LogP contribution in [0.3, 0.4) is 0 Å². The van der Waals surface area contributed by atoms with Crippen LogP contribution in [0.25, 0.3) is 28.2 Å². The first-order chi connectivity index (χ1) is 13.9. The second kappa shape index (κ2) is 6.62. The molecule has 1 aliphatic carbocycles. The molecule has 5 rings (SSSR count). The van der Waals surface area contributed by atoms with Crippen molar-refractivity contribution in [3.8, 4) is 22.5 Å². The molecule has 4 nitrogen and oxygen atoms in total. The summed E-state index contributed by atoms with van der Waals surface area (Å²) >= 11 is 5.98. The van der Waals surface area contributed by atoms with E-state index in [1.165, 1.54) is 12.1 Å². The lowest BCUT2D eigenvalue weighted by Gasteiger charge is -2.17. The molecular weight excluding hydrogens is 401 g/mol. The lowest BCUT2D eigenvalue weighted by molar-refractivity contribution is 0.00569. The fourth-order valence-corrected chi connectivity index (χ4v) is 4.18. The Morgan fingerprint density at radius 3 is 2.69 bits per heavy atom. The highest BCUT2D eigenvalue weighted by atomic mass is 35.5. The first-order valence-corrected chi connectivity index (χ1v) is 9.62. The zero-order valence-corrected chi connectivity index (χ0v) is 16.0. The van der Waals surface area contributed by atoms with Crippen LogP contribution in [0.4, 0.5) is 13.2 Å². The standard InChI is InChI=1S/C21H16ClF3N4/c22-16-9-13(1-3-17(16)23)19-20(14-2-4-18-26-7-8-28(18)11-14)29(12-27-19)15-5-6-21(24,25)10-15/h1-4,7-9,11-12,15H,5-6,10H2. The molecule has 1 saturated carbocycles. The summed E-state index contributed by atoms with van der Waals surface area (Å²) < 4.78 is 45.1. The number of aromatic nitrogens is 4. The van der Waals surface area contributed by atoms with Gasteiger partial charge in [-0.1, -0.05) is 11.6 Å². The molecule has 3 heterocycles. The van der Waals surface area contributed by atoms with Gasteiger partial charge in [-0.15, -0.1) is 0 Å². The second-order valence-corrected chi connectivity index (χ2v) is 7.75. The van der Waals surface area contributed by atoms with E-state index in [1.807, 2.05) is 33.5 Å². The fraction of sp³-hybridized carbons (Fsp3) is 0.238. The lowest BCUT2D eigenvalue weighted by atomic mass is 10.0. The van der Waals surface area contributed by atoms with E-state index in [-0.39, 0.29) is 23.9 Å². The van der Waals surface area contributed by atoms with Gasteiger partial charge in [-0.2, -0.15) is 0 Å². The molecule has 1 fully saturated rings. The van der Waals surface area contributed by atoms with E-state index in [0.717, 1.165) is 11.2 Å². The van der Waals surface area contributed by atoms with Crippen LogP contribution in [-0.2, 0) is 0 Å². The van der Waals surface area contributed by atoms with Crippen molar-refractivity contribution in [1.82, 2.24) is 18.9 Å². The predicted octanol–water partition coefficient (Wildman–Crippen LogP) is 6.02. The molecule has 4 aromatic rings. The molecule has 1 unspecified atom stereocenters. The third-order valence-electron chi connectivity index (χ3n) is 5.42. The molecule has 0 N–H and O–H groups in total. The maximum Gasteiger partial charge on any atom is 0.250 e. The zero-order valence-electron chi connectivity index (χ0n) is 15.2. The van der Waals surface area contributed by atoms with E-state index < -0.39 is 11.7 Å².